The Balaban J connectivity index is 3.79. The lowest BCUT2D eigenvalue weighted by molar-refractivity contribution is -0.395. The third kappa shape index (κ3) is 3.93. The summed E-state index contributed by atoms with van der Waals surface area (Å²) in [5.74, 6) is -0.250. The molecule has 0 spiro atoms. The second-order valence-electron chi connectivity index (χ2n) is 5.63. The molecule has 9 nitrogen and oxygen atoms in total. The van der Waals surface area contributed by atoms with Crippen LogP contribution < -0.4 is 0 Å². The van der Waals surface area contributed by atoms with E-state index in [1.807, 2.05) is 6.92 Å². The molecule has 1 aromatic rings. The maximum Gasteiger partial charge on any atom is 0.506 e. The number of carboxylic acid groups (broad SMARTS) is 1. The first-order valence-electron chi connectivity index (χ1n) is 6.90. The highest BCUT2D eigenvalue weighted by molar-refractivity contribution is 5.61. The summed E-state index contributed by atoms with van der Waals surface area (Å²) in [5, 5.41) is 31.3. The third-order valence-electron chi connectivity index (χ3n) is 3.63. The number of hydrogen-bond acceptors (Lipinski definition) is 6. The van der Waals surface area contributed by atoms with Gasteiger partial charge < -0.3 is 9.84 Å². The van der Waals surface area contributed by atoms with Gasteiger partial charge in [-0.3, -0.25) is 20.2 Å². The Morgan fingerprint density at radius 1 is 1.30 bits per heavy atom. The first kappa shape index (κ1) is 18.3. The Morgan fingerprint density at radius 2 is 1.87 bits per heavy atom. The quantitative estimate of drug-likeness (QED) is 0.475. The molecular weight excluding hydrogens is 308 g/mol. The third-order valence-corrected chi connectivity index (χ3v) is 3.63. The first-order chi connectivity index (χ1) is 10.5. The van der Waals surface area contributed by atoms with E-state index in [1.165, 1.54) is 19.9 Å². The van der Waals surface area contributed by atoms with Gasteiger partial charge in [0.1, 0.15) is 5.60 Å². The van der Waals surface area contributed by atoms with Crippen LogP contribution in [-0.2, 0) is 10.3 Å². The minimum atomic E-state index is -1.59. The zero-order valence-corrected chi connectivity index (χ0v) is 13.2. The largest absolute Gasteiger partial charge is 0.506 e. The molecule has 0 saturated heterocycles. The smallest absolute Gasteiger partial charge is 0.450 e. The highest BCUT2D eigenvalue weighted by Gasteiger charge is 2.38. The van der Waals surface area contributed by atoms with E-state index in [1.54, 1.807) is 6.92 Å². The summed E-state index contributed by atoms with van der Waals surface area (Å²) in [6.07, 6.45) is -1.02. The van der Waals surface area contributed by atoms with E-state index in [0.29, 0.717) is 12.0 Å². The number of carbonyl (C=O) groups is 1. The van der Waals surface area contributed by atoms with E-state index in [-0.39, 0.29) is 11.5 Å². The van der Waals surface area contributed by atoms with Crippen molar-refractivity contribution in [2.24, 2.45) is 0 Å². The van der Waals surface area contributed by atoms with Crippen LogP contribution in [0, 0.1) is 20.2 Å². The van der Waals surface area contributed by atoms with Gasteiger partial charge in [-0.05, 0) is 31.7 Å². The normalized spacial score (nSPS) is 12.5. The van der Waals surface area contributed by atoms with Crippen molar-refractivity contribution in [1.82, 2.24) is 0 Å². The van der Waals surface area contributed by atoms with Crippen LogP contribution in [0.1, 0.15) is 51.2 Å². The SMILES string of the molecule is CCC(C)c1cc([N+](=O)[O-])cc([N+](=O)[O-])c1C(C)(C)OC(=O)O. The Labute approximate surface area is 132 Å². The second kappa shape index (κ2) is 6.59. The van der Waals surface area contributed by atoms with Crippen LogP contribution in [0.4, 0.5) is 16.2 Å². The van der Waals surface area contributed by atoms with E-state index in [0.717, 1.165) is 6.07 Å². The van der Waals surface area contributed by atoms with Crippen LogP contribution in [-0.4, -0.2) is 21.1 Å². The zero-order chi connectivity index (χ0) is 17.9. The molecule has 0 aromatic heterocycles. The molecule has 0 saturated carbocycles. The predicted molar refractivity (Wildman–Crippen MR) is 80.6 cm³/mol. The minimum Gasteiger partial charge on any atom is -0.450 e. The molecule has 126 valence electrons. The first-order valence-corrected chi connectivity index (χ1v) is 6.90. The standard InChI is InChI=1S/C14H18N2O7/c1-5-8(2)10-6-9(15(19)20)7-11(16(21)22)12(10)14(3,4)23-13(17)18/h6-8H,5H2,1-4H3,(H,17,18). The van der Waals surface area contributed by atoms with Crippen LogP contribution in [0.3, 0.4) is 0 Å². The number of nitro benzene ring substituents is 2. The lowest BCUT2D eigenvalue weighted by Gasteiger charge is -2.27. The fraction of sp³-hybridized carbons (Fsp3) is 0.500. The van der Waals surface area contributed by atoms with E-state index < -0.39 is 33.0 Å². The molecule has 23 heavy (non-hydrogen) atoms. The molecule has 0 aliphatic heterocycles. The molecule has 0 bridgehead atoms. The number of nitrogens with zero attached hydrogens (tertiary/aromatic N) is 2. The Bertz CT molecular complexity index is 655. The predicted octanol–water partition coefficient (Wildman–Crippen LogP) is 3.95. The van der Waals surface area contributed by atoms with Crippen LogP contribution in [0.25, 0.3) is 0 Å². The van der Waals surface area contributed by atoms with Crippen molar-refractivity contribution in [2.75, 3.05) is 0 Å². The number of hydrogen-bond donors (Lipinski definition) is 1. The average Bonchev–Trinajstić information content (AvgIpc) is 2.43. The molecule has 1 unspecified atom stereocenters. The summed E-state index contributed by atoms with van der Waals surface area (Å²) in [7, 11) is 0. The number of nitro groups is 2. The maximum absolute atomic E-state index is 11.4. The van der Waals surface area contributed by atoms with Crippen molar-refractivity contribution in [3.8, 4) is 0 Å². The Morgan fingerprint density at radius 3 is 2.26 bits per heavy atom. The monoisotopic (exact) mass is 326 g/mol. The van der Waals surface area contributed by atoms with Gasteiger partial charge in [-0.1, -0.05) is 13.8 Å². The average molecular weight is 326 g/mol. The van der Waals surface area contributed by atoms with Crippen LogP contribution in [0.15, 0.2) is 12.1 Å². The van der Waals surface area contributed by atoms with E-state index in [4.69, 9.17) is 9.84 Å². The van der Waals surface area contributed by atoms with Crippen molar-refractivity contribution in [1.29, 1.82) is 0 Å². The van der Waals surface area contributed by atoms with Crippen molar-refractivity contribution >= 4 is 17.5 Å². The van der Waals surface area contributed by atoms with Crippen molar-refractivity contribution in [3.05, 3.63) is 43.5 Å². The topological polar surface area (TPSA) is 133 Å². The van der Waals surface area contributed by atoms with Gasteiger partial charge in [-0.15, -0.1) is 0 Å². The second-order valence-corrected chi connectivity index (χ2v) is 5.63. The van der Waals surface area contributed by atoms with Crippen LogP contribution in [0.2, 0.25) is 0 Å². The fourth-order valence-electron chi connectivity index (χ4n) is 2.42. The van der Waals surface area contributed by atoms with Gasteiger partial charge in [0.2, 0.25) is 0 Å². The summed E-state index contributed by atoms with van der Waals surface area (Å²) in [6, 6.07) is 2.07. The molecule has 1 aromatic carbocycles. The van der Waals surface area contributed by atoms with Gasteiger partial charge >= 0.3 is 6.16 Å². The zero-order valence-electron chi connectivity index (χ0n) is 13.2. The molecule has 0 radical (unpaired) electrons. The van der Waals surface area contributed by atoms with Gasteiger partial charge in [-0.25, -0.2) is 4.79 Å². The summed E-state index contributed by atoms with van der Waals surface area (Å²) in [5.41, 5.74) is -2.10. The molecule has 0 fully saturated rings. The van der Waals surface area contributed by atoms with E-state index >= 15 is 0 Å². The lowest BCUT2D eigenvalue weighted by Crippen LogP contribution is -2.28. The van der Waals surface area contributed by atoms with Crippen molar-refractivity contribution in [2.45, 2.75) is 45.6 Å². The molecule has 1 atom stereocenters. The van der Waals surface area contributed by atoms with Gasteiger partial charge in [0, 0.05) is 6.07 Å². The molecule has 9 heteroatoms. The summed E-state index contributed by atoms with van der Waals surface area (Å²) in [4.78, 5) is 31.8. The van der Waals surface area contributed by atoms with Crippen molar-refractivity contribution in [3.63, 3.8) is 0 Å². The van der Waals surface area contributed by atoms with E-state index in [2.05, 4.69) is 0 Å². The van der Waals surface area contributed by atoms with Gasteiger partial charge in [0.15, 0.2) is 0 Å². The van der Waals surface area contributed by atoms with Gasteiger partial charge in [-0.2, -0.15) is 0 Å². The molecule has 0 heterocycles. The molecule has 0 amide bonds. The minimum absolute atomic E-state index is 0.0323. The summed E-state index contributed by atoms with van der Waals surface area (Å²) in [6.45, 7) is 6.33. The molecule has 0 aliphatic rings. The highest BCUT2D eigenvalue weighted by Crippen LogP contribution is 2.41. The molecule has 1 N–H and O–H groups in total. The fourth-order valence-corrected chi connectivity index (χ4v) is 2.42. The molecular formula is C14H18N2O7. The van der Waals surface area contributed by atoms with Crippen molar-refractivity contribution < 1.29 is 24.5 Å². The number of rotatable bonds is 6. The van der Waals surface area contributed by atoms with Gasteiger partial charge in [0.05, 0.1) is 21.5 Å². The summed E-state index contributed by atoms with van der Waals surface area (Å²) < 4.78 is 4.79. The Kier molecular flexibility index (Phi) is 5.26. The lowest BCUT2D eigenvalue weighted by atomic mass is 9.84. The van der Waals surface area contributed by atoms with E-state index in [9.17, 15) is 25.0 Å². The van der Waals surface area contributed by atoms with Gasteiger partial charge in [0.25, 0.3) is 11.4 Å². The van der Waals surface area contributed by atoms with Crippen LogP contribution in [0.5, 0.6) is 0 Å². The maximum atomic E-state index is 11.4. The van der Waals surface area contributed by atoms with Crippen LogP contribution >= 0.6 is 0 Å². The number of non-ortho nitro benzene ring substituents is 1. The Hall–Kier alpha value is -2.71. The number of benzene rings is 1. The highest BCUT2D eigenvalue weighted by atomic mass is 16.7. The number of ether oxygens (including phenoxy) is 1. The summed E-state index contributed by atoms with van der Waals surface area (Å²) >= 11 is 0. The molecule has 0 aliphatic carbocycles. The molecule has 1 rings (SSSR count).